The van der Waals surface area contributed by atoms with Crippen molar-refractivity contribution in [3.05, 3.63) is 62.8 Å². The van der Waals surface area contributed by atoms with Crippen molar-refractivity contribution in [1.29, 1.82) is 0 Å². The highest BCUT2D eigenvalue weighted by Crippen LogP contribution is 2.13. The third-order valence-corrected chi connectivity index (χ3v) is 2.71. The molecule has 1 aromatic heterocycles. The van der Waals surface area contributed by atoms with E-state index in [9.17, 15) is 19.7 Å². The number of hydrogen-bond acceptors (Lipinski definition) is 4. The molecule has 0 aliphatic rings. The monoisotopic (exact) mass is 261 g/mol. The minimum Gasteiger partial charge on any atom is -0.302 e. The lowest BCUT2D eigenvalue weighted by Crippen LogP contribution is -2.25. The van der Waals surface area contributed by atoms with Gasteiger partial charge in [-0.25, -0.2) is 4.79 Å². The highest BCUT2D eigenvalue weighted by molar-refractivity contribution is 5.96. The molecule has 1 heterocycles. The minimum absolute atomic E-state index is 0.138. The molecule has 1 aromatic carbocycles. The molecule has 0 saturated heterocycles. The summed E-state index contributed by atoms with van der Waals surface area (Å²) in [4.78, 5) is 33.6. The van der Waals surface area contributed by atoms with Crippen molar-refractivity contribution in [2.24, 2.45) is 7.05 Å². The summed E-state index contributed by atoms with van der Waals surface area (Å²) < 4.78 is 2.60. The topological polar surface area (TPSA) is 87.1 Å². The van der Waals surface area contributed by atoms with Crippen molar-refractivity contribution in [3.8, 4) is 0 Å². The first kappa shape index (κ1) is 12.7. The van der Waals surface area contributed by atoms with E-state index in [1.54, 1.807) is 13.2 Å². The number of nitro groups is 1. The number of aryl methyl sites for hydroxylation is 1. The third kappa shape index (κ3) is 2.59. The van der Waals surface area contributed by atoms with Crippen molar-refractivity contribution in [1.82, 2.24) is 9.13 Å². The van der Waals surface area contributed by atoms with Gasteiger partial charge in [0.05, 0.1) is 11.5 Å². The maximum absolute atomic E-state index is 12.0. The van der Waals surface area contributed by atoms with Gasteiger partial charge < -0.3 is 4.57 Å². The molecule has 0 saturated carbocycles. The normalized spacial score (nSPS) is 10.4. The van der Waals surface area contributed by atoms with Crippen LogP contribution >= 0.6 is 0 Å². The number of rotatable bonds is 4. The number of non-ortho nitro benzene ring substituents is 1. The smallest absolute Gasteiger partial charge is 0.302 e. The zero-order chi connectivity index (χ0) is 14.0. The number of imidazole rings is 1. The third-order valence-electron chi connectivity index (χ3n) is 2.71. The van der Waals surface area contributed by atoms with Gasteiger partial charge in [-0.05, 0) is 0 Å². The van der Waals surface area contributed by atoms with E-state index in [1.165, 1.54) is 39.6 Å². The van der Waals surface area contributed by atoms with Crippen LogP contribution in [0.5, 0.6) is 0 Å². The van der Waals surface area contributed by atoms with Crippen LogP contribution in [0.25, 0.3) is 0 Å². The summed E-state index contributed by atoms with van der Waals surface area (Å²) in [6.45, 7) is -0.138. The second kappa shape index (κ2) is 4.89. The molecular formula is C12H11N3O4. The summed E-state index contributed by atoms with van der Waals surface area (Å²) in [5.41, 5.74) is -0.241. The summed E-state index contributed by atoms with van der Waals surface area (Å²) >= 11 is 0. The lowest BCUT2D eigenvalue weighted by Gasteiger charge is -2.01. The highest BCUT2D eigenvalue weighted by Gasteiger charge is 2.13. The van der Waals surface area contributed by atoms with E-state index in [4.69, 9.17) is 0 Å². The largest absolute Gasteiger partial charge is 0.328 e. The van der Waals surface area contributed by atoms with Gasteiger partial charge >= 0.3 is 5.69 Å². The van der Waals surface area contributed by atoms with E-state index >= 15 is 0 Å². The number of hydrogen-bond donors (Lipinski definition) is 0. The van der Waals surface area contributed by atoms with Gasteiger partial charge in [-0.2, -0.15) is 0 Å². The number of benzene rings is 1. The Morgan fingerprint density at radius 3 is 2.68 bits per heavy atom. The zero-order valence-corrected chi connectivity index (χ0v) is 10.1. The molecule has 0 amide bonds. The van der Waals surface area contributed by atoms with Crippen molar-refractivity contribution in [3.63, 3.8) is 0 Å². The van der Waals surface area contributed by atoms with E-state index in [-0.39, 0.29) is 29.3 Å². The number of ketones is 1. The molecule has 0 N–H and O–H groups in total. The van der Waals surface area contributed by atoms with Gasteiger partial charge in [0.2, 0.25) is 0 Å². The quantitative estimate of drug-likeness (QED) is 0.466. The Morgan fingerprint density at radius 1 is 1.37 bits per heavy atom. The lowest BCUT2D eigenvalue weighted by atomic mass is 10.1. The molecule has 19 heavy (non-hydrogen) atoms. The number of aromatic nitrogens is 2. The second-order valence-corrected chi connectivity index (χ2v) is 4.05. The Hall–Kier alpha value is -2.70. The zero-order valence-electron chi connectivity index (χ0n) is 10.1. The first-order valence-corrected chi connectivity index (χ1v) is 5.48. The van der Waals surface area contributed by atoms with Gasteiger partial charge in [-0.3, -0.25) is 19.5 Å². The van der Waals surface area contributed by atoms with Crippen molar-refractivity contribution >= 4 is 11.5 Å². The van der Waals surface area contributed by atoms with Gasteiger partial charge in [0.1, 0.15) is 0 Å². The van der Waals surface area contributed by atoms with Crippen molar-refractivity contribution in [2.75, 3.05) is 0 Å². The fourth-order valence-corrected chi connectivity index (χ4v) is 1.67. The minimum atomic E-state index is -0.564. The van der Waals surface area contributed by atoms with E-state index < -0.39 is 4.92 Å². The Kier molecular flexibility index (Phi) is 3.28. The Balaban J connectivity index is 2.25. The number of Topliss-reactive ketones (excluding diaryl/α,β-unsaturated/α-hetero) is 1. The molecule has 7 heteroatoms. The molecule has 0 spiro atoms. The van der Waals surface area contributed by atoms with Crippen LogP contribution in [0.3, 0.4) is 0 Å². The van der Waals surface area contributed by atoms with Gasteiger partial charge in [-0.15, -0.1) is 0 Å². The summed E-state index contributed by atoms with van der Waals surface area (Å²) in [5, 5.41) is 10.6. The average Bonchev–Trinajstić information content (AvgIpc) is 2.71. The maximum Gasteiger partial charge on any atom is 0.328 e. The van der Waals surface area contributed by atoms with Crippen LogP contribution in [-0.2, 0) is 13.6 Å². The fraction of sp³-hybridized carbons (Fsp3) is 0.167. The summed E-state index contributed by atoms with van der Waals surface area (Å²) in [6.07, 6.45) is 3.04. The first-order valence-electron chi connectivity index (χ1n) is 5.48. The van der Waals surface area contributed by atoms with Crippen molar-refractivity contribution < 1.29 is 9.72 Å². The van der Waals surface area contributed by atoms with Gasteiger partial charge in [0.15, 0.2) is 5.78 Å². The number of carbonyl (C=O) groups is 1. The predicted octanol–water partition coefficient (Wildman–Crippen LogP) is 0.978. The molecule has 0 aliphatic heterocycles. The number of nitrogens with zero attached hydrogens (tertiary/aromatic N) is 3. The SMILES string of the molecule is Cn1ccn(CC(=O)c2cccc([N+](=O)[O-])c2)c1=O. The molecule has 0 radical (unpaired) electrons. The Labute approximate surface area is 107 Å². The Morgan fingerprint density at radius 2 is 2.11 bits per heavy atom. The highest BCUT2D eigenvalue weighted by atomic mass is 16.6. The van der Waals surface area contributed by atoms with Crippen LogP contribution in [0.2, 0.25) is 0 Å². The molecule has 0 atom stereocenters. The van der Waals surface area contributed by atoms with Crippen LogP contribution in [-0.4, -0.2) is 19.8 Å². The van der Waals surface area contributed by atoms with Crippen LogP contribution in [0.1, 0.15) is 10.4 Å². The van der Waals surface area contributed by atoms with Crippen LogP contribution in [0.15, 0.2) is 41.5 Å². The van der Waals surface area contributed by atoms with E-state index in [2.05, 4.69) is 0 Å². The molecule has 0 unspecified atom stereocenters. The predicted molar refractivity (Wildman–Crippen MR) is 67.1 cm³/mol. The van der Waals surface area contributed by atoms with E-state index in [1.807, 2.05) is 0 Å². The first-order chi connectivity index (χ1) is 8.99. The molecule has 0 aliphatic carbocycles. The van der Waals surface area contributed by atoms with Gasteiger partial charge in [0.25, 0.3) is 5.69 Å². The molecule has 2 rings (SSSR count). The molecule has 0 bridgehead atoms. The fourth-order valence-electron chi connectivity index (χ4n) is 1.67. The van der Waals surface area contributed by atoms with E-state index in [0.717, 1.165) is 0 Å². The standard InChI is InChI=1S/C12H11N3O4/c1-13-5-6-14(12(13)17)8-11(16)9-3-2-4-10(7-9)15(18)19/h2-7H,8H2,1H3. The summed E-state index contributed by atoms with van der Waals surface area (Å²) in [6, 6.07) is 5.45. The second-order valence-electron chi connectivity index (χ2n) is 4.05. The van der Waals surface area contributed by atoms with Crippen LogP contribution < -0.4 is 5.69 Å². The van der Waals surface area contributed by atoms with Crippen LogP contribution in [0.4, 0.5) is 5.69 Å². The van der Waals surface area contributed by atoms with Crippen LogP contribution in [0, 0.1) is 10.1 Å². The number of carbonyl (C=O) groups excluding carboxylic acids is 1. The van der Waals surface area contributed by atoms with E-state index in [0.29, 0.717) is 0 Å². The average molecular weight is 261 g/mol. The number of nitro benzene ring substituents is 1. The summed E-state index contributed by atoms with van der Waals surface area (Å²) in [7, 11) is 1.58. The molecule has 7 nitrogen and oxygen atoms in total. The maximum atomic E-state index is 12.0. The van der Waals surface area contributed by atoms with Gasteiger partial charge in [-0.1, -0.05) is 12.1 Å². The molecule has 2 aromatic rings. The lowest BCUT2D eigenvalue weighted by molar-refractivity contribution is -0.384. The Bertz CT molecular complexity index is 699. The molecular weight excluding hydrogens is 250 g/mol. The molecule has 98 valence electrons. The molecule has 0 fully saturated rings. The van der Waals surface area contributed by atoms with Crippen molar-refractivity contribution in [2.45, 2.75) is 6.54 Å². The summed E-state index contributed by atoms with van der Waals surface area (Å²) in [5.74, 6) is -0.350. The van der Waals surface area contributed by atoms with Gasteiger partial charge in [0, 0.05) is 37.1 Å².